The predicted octanol–water partition coefficient (Wildman–Crippen LogP) is 2.08. The minimum absolute atomic E-state index is 0.0387. The molecule has 0 saturated heterocycles. The zero-order valence-electron chi connectivity index (χ0n) is 13.2. The number of rotatable bonds is 8. The van der Waals surface area contributed by atoms with Crippen LogP contribution in [0.3, 0.4) is 0 Å². The summed E-state index contributed by atoms with van der Waals surface area (Å²) in [4.78, 5) is 0.278. The summed E-state index contributed by atoms with van der Waals surface area (Å²) < 4.78 is 31.9. The number of ether oxygens (including phenoxy) is 1. The van der Waals surface area contributed by atoms with Crippen LogP contribution in [0.25, 0.3) is 0 Å². The molecule has 2 N–H and O–H groups in total. The molecule has 1 aromatic carbocycles. The van der Waals surface area contributed by atoms with E-state index in [0.717, 1.165) is 6.42 Å². The van der Waals surface area contributed by atoms with Gasteiger partial charge in [0.25, 0.3) is 0 Å². The van der Waals surface area contributed by atoms with Gasteiger partial charge in [-0.2, -0.15) is 4.31 Å². The molecule has 5 nitrogen and oxygen atoms in total. The SMILES string of the molecule is CC(C)CC(C)N(C)S(=O)(=O)c1ccc(OCCN)cc1. The second kappa shape index (κ2) is 7.77. The Balaban J connectivity index is 2.86. The average Bonchev–Trinajstić information content (AvgIpc) is 2.43. The molecule has 0 aromatic heterocycles. The molecule has 0 radical (unpaired) electrons. The van der Waals surface area contributed by atoms with Crippen molar-refractivity contribution in [2.75, 3.05) is 20.2 Å². The van der Waals surface area contributed by atoms with Crippen molar-refractivity contribution >= 4 is 10.0 Å². The van der Waals surface area contributed by atoms with E-state index in [4.69, 9.17) is 10.5 Å². The summed E-state index contributed by atoms with van der Waals surface area (Å²) in [5, 5.41) is 0. The molecule has 0 fully saturated rings. The maximum atomic E-state index is 12.5. The Kier molecular flexibility index (Phi) is 6.64. The van der Waals surface area contributed by atoms with Gasteiger partial charge in [0, 0.05) is 19.6 Å². The highest BCUT2D eigenvalue weighted by Crippen LogP contribution is 2.22. The Morgan fingerprint density at radius 3 is 2.24 bits per heavy atom. The molecule has 0 saturated carbocycles. The first-order chi connectivity index (χ1) is 9.78. The molecule has 0 amide bonds. The smallest absolute Gasteiger partial charge is 0.243 e. The van der Waals surface area contributed by atoms with Crippen LogP contribution in [0.2, 0.25) is 0 Å². The van der Waals surface area contributed by atoms with E-state index in [2.05, 4.69) is 13.8 Å². The van der Waals surface area contributed by atoms with Crippen molar-refractivity contribution < 1.29 is 13.2 Å². The van der Waals surface area contributed by atoms with E-state index in [1.807, 2.05) is 6.92 Å². The molecule has 0 spiro atoms. The van der Waals surface area contributed by atoms with Crippen LogP contribution in [0.5, 0.6) is 5.75 Å². The molecule has 0 aliphatic rings. The van der Waals surface area contributed by atoms with Gasteiger partial charge in [-0.1, -0.05) is 13.8 Å². The van der Waals surface area contributed by atoms with Crippen LogP contribution in [-0.4, -0.2) is 39.0 Å². The number of benzene rings is 1. The highest BCUT2D eigenvalue weighted by atomic mass is 32.2. The molecular formula is C15H26N2O3S. The molecule has 1 aromatic rings. The van der Waals surface area contributed by atoms with E-state index >= 15 is 0 Å². The van der Waals surface area contributed by atoms with Gasteiger partial charge in [-0.3, -0.25) is 0 Å². The third-order valence-electron chi connectivity index (χ3n) is 3.32. The van der Waals surface area contributed by atoms with Gasteiger partial charge in [-0.25, -0.2) is 8.42 Å². The van der Waals surface area contributed by atoms with Gasteiger partial charge in [-0.15, -0.1) is 0 Å². The lowest BCUT2D eigenvalue weighted by molar-refractivity contribution is 0.327. The summed E-state index contributed by atoms with van der Waals surface area (Å²) >= 11 is 0. The number of nitrogens with zero attached hydrogens (tertiary/aromatic N) is 1. The number of hydrogen-bond acceptors (Lipinski definition) is 4. The van der Waals surface area contributed by atoms with Crippen molar-refractivity contribution in [1.29, 1.82) is 0 Å². The molecule has 0 bridgehead atoms. The fraction of sp³-hybridized carbons (Fsp3) is 0.600. The van der Waals surface area contributed by atoms with Crippen molar-refractivity contribution in [3.63, 3.8) is 0 Å². The van der Waals surface area contributed by atoms with Gasteiger partial charge in [0.1, 0.15) is 12.4 Å². The van der Waals surface area contributed by atoms with E-state index in [1.165, 1.54) is 4.31 Å². The van der Waals surface area contributed by atoms with Gasteiger partial charge in [0.05, 0.1) is 4.90 Å². The monoisotopic (exact) mass is 314 g/mol. The summed E-state index contributed by atoms with van der Waals surface area (Å²) in [7, 11) is -1.84. The second-order valence-electron chi connectivity index (χ2n) is 5.61. The molecular weight excluding hydrogens is 288 g/mol. The zero-order chi connectivity index (χ0) is 16.0. The first-order valence-corrected chi connectivity index (χ1v) is 8.64. The highest BCUT2D eigenvalue weighted by molar-refractivity contribution is 7.89. The molecule has 1 atom stereocenters. The average molecular weight is 314 g/mol. The van der Waals surface area contributed by atoms with Crippen molar-refractivity contribution in [3.8, 4) is 5.75 Å². The highest BCUT2D eigenvalue weighted by Gasteiger charge is 2.25. The van der Waals surface area contributed by atoms with Crippen LogP contribution < -0.4 is 10.5 Å². The number of sulfonamides is 1. The molecule has 6 heteroatoms. The number of nitrogens with two attached hydrogens (primary N) is 1. The Bertz CT molecular complexity index is 526. The summed E-state index contributed by atoms with van der Waals surface area (Å²) in [5.41, 5.74) is 5.36. The summed E-state index contributed by atoms with van der Waals surface area (Å²) in [6.45, 7) is 6.93. The van der Waals surface area contributed by atoms with Crippen LogP contribution in [0.1, 0.15) is 27.2 Å². The lowest BCUT2D eigenvalue weighted by atomic mass is 10.1. The van der Waals surface area contributed by atoms with Crippen molar-refractivity contribution in [3.05, 3.63) is 24.3 Å². The molecule has 21 heavy (non-hydrogen) atoms. The third-order valence-corrected chi connectivity index (χ3v) is 5.31. The van der Waals surface area contributed by atoms with Crippen molar-refractivity contribution in [1.82, 2.24) is 4.31 Å². The van der Waals surface area contributed by atoms with Gasteiger partial charge in [0.2, 0.25) is 10.0 Å². The Morgan fingerprint density at radius 2 is 1.76 bits per heavy atom. The fourth-order valence-electron chi connectivity index (χ4n) is 2.12. The molecule has 120 valence electrons. The lowest BCUT2D eigenvalue weighted by Gasteiger charge is -2.25. The van der Waals surface area contributed by atoms with Crippen LogP contribution >= 0.6 is 0 Å². The Labute approximate surface area is 128 Å². The van der Waals surface area contributed by atoms with Gasteiger partial charge < -0.3 is 10.5 Å². The topological polar surface area (TPSA) is 72.6 Å². The van der Waals surface area contributed by atoms with Gasteiger partial charge in [-0.05, 0) is 43.5 Å². The lowest BCUT2D eigenvalue weighted by Crippen LogP contribution is -2.35. The van der Waals surface area contributed by atoms with E-state index in [-0.39, 0.29) is 10.9 Å². The van der Waals surface area contributed by atoms with E-state index in [0.29, 0.717) is 24.8 Å². The van der Waals surface area contributed by atoms with Crippen LogP contribution in [0.4, 0.5) is 0 Å². The van der Waals surface area contributed by atoms with E-state index in [1.54, 1.807) is 31.3 Å². The third kappa shape index (κ3) is 4.98. The maximum Gasteiger partial charge on any atom is 0.243 e. The maximum absolute atomic E-state index is 12.5. The van der Waals surface area contributed by atoms with Crippen molar-refractivity contribution in [2.45, 2.75) is 38.1 Å². The van der Waals surface area contributed by atoms with Gasteiger partial charge >= 0.3 is 0 Å². The van der Waals surface area contributed by atoms with Crippen LogP contribution in [-0.2, 0) is 10.0 Å². The van der Waals surface area contributed by atoms with Crippen LogP contribution in [0.15, 0.2) is 29.2 Å². The first-order valence-electron chi connectivity index (χ1n) is 7.20. The summed E-state index contributed by atoms with van der Waals surface area (Å²) in [6.07, 6.45) is 0.827. The molecule has 0 heterocycles. The van der Waals surface area contributed by atoms with Crippen molar-refractivity contribution in [2.24, 2.45) is 11.7 Å². The standard InChI is InChI=1S/C15H26N2O3S/c1-12(2)11-13(3)17(4)21(18,19)15-7-5-14(6-8-15)20-10-9-16/h5-8,12-13H,9-11,16H2,1-4H3. The second-order valence-corrected chi connectivity index (χ2v) is 7.61. The first kappa shape index (κ1) is 17.9. The normalized spacial score (nSPS) is 13.7. The largest absolute Gasteiger partial charge is 0.492 e. The Hall–Kier alpha value is -1.11. The minimum atomic E-state index is -3.47. The Morgan fingerprint density at radius 1 is 1.19 bits per heavy atom. The minimum Gasteiger partial charge on any atom is -0.492 e. The summed E-state index contributed by atoms with van der Waals surface area (Å²) in [6, 6.07) is 6.41. The molecule has 1 rings (SSSR count). The van der Waals surface area contributed by atoms with E-state index < -0.39 is 10.0 Å². The predicted molar refractivity (Wildman–Crippen MR) is 84.9 cm³/mol. The summed E-state index contributed by atoms with van der Waals surface area (Å²) in [5.74, 6) is 1.07. The fourth-order valence-corrected chi connectivity index (χ4v) is 3.49. The van der Waals surface area contributed by atoms with E-state index in [9.17, 15) is 8.42 Å². The van der Waals surface area contributed by atoms with Gasteiger partial charge in [0.15, 0.2) is 0 Å². The van der Waals surface area contributed by atoms with Crippen LogP contribution in [0, 0.1) is 5.92 Å². The molecule has 0 aliphatic heterocycles. The molecule has 0 aliphatic carbocycles. The quantitative estimate of drug-likeness (QED) is 0.797. The molecule has 1 unspecified atom stereocenters. The number of hydrogen-bond donors (Lipinski definition) is 1. The zero-order valence-corrected chi connectivity index (χ0v) is 14.1.